The molecule has 0 unspecified atom stereocenters. The van der Waals surface area contributed by atoms with Crippen LogP contribution in [0, 0.1) is 36.0 Å². The number of amides is 1. The van der Waals surface area contributed by atoms with E-state index < -0.39 is 40.7 Å². The average Bonchev–Trinajstić information content (AvgIpc) is 3.63. The van der Waals surface area contributed by atoms with E-state index in [4.69, 9.17) is 0 Å². The highest BCUT2D eigenvalue weighted by Gasteiger charge is 2.31. The molecule has 168 valence electrons. The van der Waals surface area contributed by atoms with E-state index in [0.717, 1.165) is 12.8 Å². The van der Waals surface area contributed by atoms with Gasteiger partial charge in [-0.2, -0.15) is 5.10 Å². The lowest BCUT2D eigenvalue weighted by molar-refractivity contribution is 0.102. The van der Waals surface area contributed by atoms with Gasteiger partial charge in [-0.05, 0) is 38.0 Å². The smallest absolute Gasteiger partial charge is 0.256 e. The summed E-state index contributed by atoms with van der Waals surface area (Å²) in [6.07, 6.45) is 1.71. The Balaban J connectivity index is 1.67. The van der Waals surface area contributed by atoms with Crippen molar-refractivity contribution in [3.05, 3.63) is 82.4 Å². The number of carbonyl (C=O) groups is 1. The van der Waals surface area contributed by atoms with Crippen LogP contribution in [0.2, 0.25) is 0 Å². The van der Waals surface area contributed by atoms with Crippen LogP contribution in [0.4, 0.5) is 27.6 Å². The van der Waals surface area contributed by atoms with Crippen molar-refractivity contribution in [2.75, 3.05) is 5.32 Å². The summed E-state index contributed by atoms with van der Waals surface area (Å²) in [5.74, 6) is -11.8. The Hall–Kier alpha value is -3.82. The van der Waals surface area contributed by atoms with Crippen molar-refractivity contribution in [1.82, 2.24) is 14.8 Å². The number of fused-ring (bicyclic) bond motifs is 1. The monoisotopic (exact) mass is 458 g/mol. The van der Waals surface area contributed by atoms with E-state index in [-0.39, 0.29) is 11.5 Å². The first-order chi connectivity index (χ1) is 15.8. The minimum absolute atomic E-state index is 0.0227. The molecule has 4 aromatic rings. The van der Waals surface area contributed by atoms with Crippen molar-refractivity contribution in [1.29, 1.82) is 0 Å². The lowest BCUT2D eigenvalue weighted by atomic mass is 10.1. The summed E-state index contributed by atoms with van der Waals surface area (Å²) in [6.45, 7) is 1.63. The lowest BCUT2D eigenvalue weighted by Crippen LogP contribution is -2.18. The van der Waals surface area contributed by atoms with Crippen LogP contribution < -0.4 is 5.32 Å². The highest BCUT2D eigenvalue weighted by atomic mass is 19.2. The summed E-state index contributed by atoms with van der Waals surface area (Å²) in [7, 11) is 0. The average molecular weight is 458 g/mol. The number of aryl methyl sites for hydroxylation is 1. The molecule has 5 nitrogen and oxygen atoms in total. The first-order valence-corrected chi connectivity index (χ1v) is 10.1. The zero-order chi connectivity index (χ0) is 23.4. The van der Waals surface area contributed by atoms with Gasteiger partial charge in [0.05, 0.1) is 22.3 Å². The molecule has 10 heteroatoms. The summed E-state index contributed by atoms with van der Waals surface area (Å²) < 4.78 is 70.4. The molecule has 0 radical (unpaired) electrons. The number of para-hydroxylation sites is 1. The van der Waals surface area contributed by atoms with Crippen LogP contribution in [0.5, 0.6) is 0 Å². The number of halogens is 5. The Kier molecular flexibility index (Phi) is 4.88. The molecular weight excluding hydrogens is 443 g/mol. The second-order valence-electron chi connectivity index (χ2n) is 7.80. The molecular formula is C23H15F5N4O. The number of carbonyl (C=O) groups excluding carboxylic acids is 1. The Morgan fingerprint density at radius 1 is 0.970 bits per heavy atom. The van der Waals surface area contributed by atoms with Crippen LogP contribution in [-0.4, -0.2) is 20.7 Å². The van der Waals surface area contributed by atoms with Gasteiger partial charge in [0.15, 0.2) is 28.9 Å². The number of nitrogens with zero attached hydrogens (tertiary/aromatic N) is 3. The van der Waals surface area contributed by atoms with E-state index in [0.29, 0.717) is 28.1 Å². The molecule has 1 aliphatic carbocycles. The molecule has 0 bridgehead atoms. The van der Waals surface area contributed by atoms with Gasteiger partial charge in [0.25, 0.3) is 5.91 Å². The van der Waals surface area contributed by atoms with Crippen LogP contribution >= 0.6 is 0 Å². The second-order valence-corrected chi connectivity index (χ2v) is 7.80. The van der Waals surface area contributed by atoms with E-state index in [1.54, 1.807) is 35.9 Å². The van der Waals surface area contributed by atoms with Crippen LogP contribution in [0.25, 0.3) is 16.7 Å². The maximum absolute atomic E-state index is 14.2. The normalized spacial score (nSPS) is 13.5. The first kappa shape index (κ1) is 21.0. The highest BCUT2D eigenvalue weighted by Crippen LogP contribution is 2.41. The zero-order valence-corrected chi connectivity index (χ0v) is 17.1. The molecule has 0 aliphatic heterocycles. The van der Waals surface area contributed by atoms with Gasteiger partial charge in [-0.15, -0.1) is 0 Å². The van der Waals surface area contributed by atoms with Crippen molar-refractivity contribution in [3.8, 4) is 5.69 Å². The van der Waals surface area contributed by atoms with Crippen LogP contribution in [0.15, 0.2) is 36.4 Å². The van der Waals surface area contributed by atoms with Crippen molar-refractivity contribution in [3.63, 3.8) is 0 Å². The fourth-order valence-electron chi connectivity index (χ4n) is 3.72. The summed E-state index contributed by atoms with van der Waals surface area (Å²) in [6, 6.07) is 10.5. The third kappa shape index (κ3) is 3.42. The van der Waals surface area contributed by atoms with Gasteiger partial charge in [0.1, 0.15) is 5.69 Å². The molecule has 1 fully saturated rings. The van der Waals surface area contributed by atoms with E-state index in [1.807, 2.05) is 11.4 Å². The highest BCUT2D eigenvalue weighted by molar-refractivity contribution is 6.13. The fourth-order valence-corrected chi connectivity index (χ4v) is 3.72. The van der Waals surface area contributed by atoms with E-state index >= 15 is 0 Å². The predicted octanol–water partition coefficient (Wildman–Crippen LogP) is 5.55. The summed E-state index contributed by atoms with van der Waals surface area (Å²) in [5.41, 5.74) is 0.592. The van der Waals surface area contributed by atoms with Crippen molar-refractivity contribution in [2.45, 2.75) is 25.7 Å². The lowest BCUT2D eigenvalue weighted by Gasteiger charge is -2.12. The van der Waals surface area contributed by atoms with Crippen molar-refractivity contribution in [2.24, 2.45) is 0 Å². The maximum atomic E-state index is 14.2. The minimum Gasteiger partial charge on any atom is -0.317 e. The molecule has 1 aliphatic rings. The number of aromatic nitrogens is 3. The molecule has 5 rings (SSSR count). The van der Waals surface area contributed by atoms with Crippen LogP contribution in [0.1, 0.15) is 40.5 Å². The number of nitrogens with one attached hydrogen (secondary N) is 1. The maximum Gasteiger partial charge on any atom is 0.256 e. The molecule has 0 atom stereocenters. The van der Waals surface area contributed by atoms with Crippen LogP contribution in [0.3, 0.4) is 0 Å². The molecule has 1 saturated carbocycles. The summed E-state index contributed by atoms with van der Waals surface area (Å²) >= 11 is 0. The van der Waals surface area contributed by atoms with Gasteiger partial charge in [-0.25, -0.2) is 31.6 Å². The van der Waals surface area contributed by atoms with Gasteiger partial charge in [-0.3, -0.25) is 4.79 Å². The third-order valence-corrected chi connectivity index (χ3v) is 5.52. The van der Waals surface area contributed by atoms with Gasteiger partial charge in [0, 0.05) is 11.6 Å². The molecule has 0 spiro atoms. The second kappa shape index (κ2) is 7.65. The largest absolute Gasteiger partial charge is 0.317 e. The predicted molar refractivity (Wildman–Crippen MR) is 110 cm³/mol. The SMILES string of the molecule is Cc1nn(-c2ccccc2)c2nc(C3CC3)cc(C(=O)Nc3c(F)c(F)c(F)c(F)c3F)c12. The van der Waals surface area contributed by atoms with Crippen molar-refractivity contribution < 1.29 is 26.7 Å². The Bertz CT molecular complexity index is 1400. The van der Waals surface area contributed by atoms with Crippen molar-refractivity contribution >= 4 is 22.6 Å². The number of anilines is 1. The van der Waals surface area contributed by atoms with E-state index in [9.17, 15) is 26.7 Å². The molecule has 2 aromatic carbocycles. The Labute approximate surface area is 183 Å². The molecule has 2 aromatic heterocycles. The molecule has 1 amide bonds. The molecule has 0 saturated heterocycles. The third-order valence-electron chi connectivity index (χ3n) is 5.52. The Morgan fingerprint density at radius 2 is 1.58 bits per heavy atom. The van der Waals surface area contributed by atoms with E-state index in [2.05, 4.69) is 10.1 Å². The van der Waals surface area contributed by atoms with Gasteiger partial charge in [0.2, 0.25) is 5.82 Å². The molecule has 1 N–H and O–H groups in total. The van der Waals surface area contributed by atoms with Gasteiger partial charge in [-0.1, -0.05) is 18.2 Å². The number of hydrogen-bond acceptors (Lipinski definition) is 3. The quantitative estimate of drug-likeness (QED) is 0.248. The number of pyridine rings is 1. The van der Waals surface area contributed by atoms with Gasteiger partial charge >= 0.3 is 0 Å². The standard InChI is InChI=1S/C23H15F5N4O/c1-10-15-13(23(33)30-21-19(27)17(25)16(24)18(26)20(21)28)9-14(11-7-8-11)29-22(15)32(31-10)12-5-3-2-4-6-12/h2-6,9,11H,7-8H2,1H3,(H,30,33). The molecule has 33 heavy (non-hydrogen) atoms. The van der Waals surface area contributed by atoms with Gasteiger partial charge < -0.3 is 5.32 Å². The first-order valence-electron chi connectivity index (χ1n) is 10.1. The Morgan fingerprint density at radius 3 is 2.18 bits per heavy atom. The zero-order valence-electron chi connectivity index (χ0n) is 17.1. The van der Waals surface area contributed by atoms with E-state index in [1.165, 1.54) is 6.07 Å². The summed E-state index contributed by atoms with van der Waals surface area (Å²) in [5, 5.41) is 6.63. The topological polar surface area (TPSA) is 59.8 Å². The fraction of sp³-hybridized carbons (Fsp3) is 0.174. The number of benzene rings is 2. The number of rotatable bonds is 4. The number of hydrogen-bond donors (Lipinski definition) is 1. The minimum atomic E-state index is -2.30. The molecule has 2 heterocycles. The summed E-state index contributed by atoms with van der Waals surface area (Å²) in [4.78, 5) is 17.7. The van der Waals surface area contributed by atoms with Crippen LogP contribution in [-0.2, 0) is 0 Å².